The third-order valence-corrected chi connectivity index (χ3v) is 6.52. The van der Waals surface area contributed by atoms with Crippen LogP contribution in [-0.2, 0) is 26.2 Å². The lowest BCUT2D eigenvalue weighted by atomic mass is 10.1. The van der Waals surface area contributed by atoms with Crippen molar-refractivity contribution < 1.29 is 18.0 Å². The van der Waals surface area contributed by atoms with Crippen molar-refractivity contribution in [2.24, 2.45) is 0 Å². The summed E-state index contributed by atoms with van der Waals surface area (Å²) in [5.74, 6) is -0.329. The van der Waals surface area contributed by atoms with Gasteiger partial charge in [0.15, 0.2) is 0 Å². The standard InChI is InChI=1S/C25H35N3O4S/c1-4-18-26-25(30)23(5-2)27(20-21-13-8-6-9-14-21)24(29)17-12-19-28(33(3,31)32)22-15-10-7-11-16-22/h6-11,13-16,23H,4-5,12,17-20H2,1-3H3,(H,26,30)/t23-/m0/s1. The molecule has 0 fully saturated rings. The molecule has 0 aliphatic carbocycles. The number of hydrogen-bond acceptors (Lipinski definition) is 4. The van der Waals surface area contributed by atoms with Gasteiger partial charge in [-0.15, -0.1) is 0 Å². The number of para-hydroxylation sites is 1. The minimum absolute atomic E-state index is 0.142. The summed E-state index contributed by atoms with van der Waals surface area (Å²) in [5, 5.41) is 2.90. The number of anilines is 1. The van der Waals surface area contributed by atoms with Gasteiger partial charge in [-0.2, -0.15) is 0 Å². The Morgan fingerprint density at radius 3 is 2.12 bits per heavy atom. The van der Waals surface area contributed by atoms with Crippen molar-refractivity contribution in [1.82, 2.24) is 10.2 Å². The summed E-state index contributed by atoms with van der Waals surface area (Å²) in [6.07, 6.45) is 2.96. The summed E-state index contributed by atoms with van der Waals surface area (Å²) in [5.41, 5.74) is 1.51. The molecular weight excluding hydrogens is 438 g/mol. The first-order chi connectivity index (χ1) is 15.8. The Labute approximate surface area is 197 Å². The van der Waals surface area contributed by atoms with Gasteiger partial charge >= 0.3 is 0 Å². The van der Waals surface area contributed by atoms with E-state index < -0.39 is 16.1 Å². The Morgan fingerprint density at radius 2 is 1.58 bits per heavy atom. The fourth-order valence-corrected chi connectivity index (χ4v) is 4.63. The van der Waals surface area contributed by atoms with Crippen LogP contribution in [0.4, 0.5) is 5.69 Å². The van der Waals surface area contributed by atoms with Crippen molar-refractivity contribution in [2.75, 3.05) is 23.7 Å². The number of sulfonamides is 1. The van der Waals surface area contributed by atoms with Crippen LogP contribution in [-0.4, -0.2) is 50.5 Å². The molecule has 1 N–H and O–H groups in total. The van der Waals surface area contributed by atoms with E-state index in [2.05, 4.69) is 5.32 Å². The normalized spacial score (nSPS) is 12.1. The molecule has 0 saturated carbocycles. The molecule has 7 nitrogen and oxygen atoms in total. The van der Waals surface area contributed by atoms with Gasteiger partial charge in [-0.1, -0.05) is 62.4 Å². The lowest BCUT2D eigenvalue weighted by molar-refractivity contribution is -0.141. The highest BCUT2D eigenvalue weighted by atomic mass is 32.2. The third kappa shape index (κ3) is 8.20. The molecular formula is C25H35N3O4S. The molecule has 0 aliphatic rings. The minimum atomic E-state index is -3.49. The van der Waals surface area contributed by atoms with Crippen molar-refractivity contribution in [1.29, 1.82) is 0 Å². The summed E-state index contributed by atoms with van der Waals surface area (Å²) < 4.78 is 25.9. The van der Waals surface area contributed by atoms with Crippen LogP contribution in [0.15, 0.2) is 60.7 Å². The van der Waals surface area contributed by atoms with Crippen LogP contribution < -0.4 is 9.62 Å². The van der Waals surface area contributed by atoms with Gasteiger partial charge in [0, 0.05) is 26.1 Å². The average molecular weight is 474 g/mol. The van der Waals surface area contributed by atoms with E-state index in [0.29, 0.717) is 31.6 Å². The number of nitrogens with zero attached hydrogens (tertiary/aromatic N) is 2. The van der Waals surface area contributed by atoms with E-state index >= 15 is 0 Å². The van der Waals surface area contributed by atoms with Crippen LogP contribution in [0.1, 0.15) is 45.1 Å². The second kappa shape index (κ2) is 13.0. The summed E-state index contributed by atoms with van der Waals surface area (Å²) >= 11 is 0. The van der Waals surface area contributed by atoms with Crippen LogP contribution in [0.2, 0.25) is 0 Å². The number of amides is 2. The Hall–Kier alpha value is -2.87. The van der Waals surface area contributed by atoms with E-state index in [1.807, 2.05) is 50.2 Å². The number of hydrogen-bond donors (Lipinski definition) is 1. The monoisotopic (exact) mass is 473 g/mol. The Kier molecular flexibility index (Phi) is 10.4. The molecule has 2 aromatic rings. The van der Waals surface area contributed by atoms with Gasteiger partial charge < -0.3 is 10.2 Å². The summed E-state index contributed by atoms with van der Waals surface area (Å²) in [7, 11) is -3.49. The molecule has 0 aliphatic heterocycles. The van der Waals surface area contributed by atoms with Gasteiger partial charge in [-0.3, -0.25) is 13.9 Å². The predicted molar refractivity (Wildman–Crippen MR) is 132 cm³/mol. The molecule has 2 aromatic carbocycles. The molecule has 0 saturated heterocycles. The van der Waals surface area contributed by atoms with Gasteiger partial charge in [0.2, 0.25) is 21.8 Å². The van der Waals surface area contributed by atoms with Crippen molar-refractivity contribution in [2.45, 2.75) is 52.1 Å². The van der Waals surface area contributed by atoms with Gasteiger partial charge in [-0.25, -0.2) is 8.42 Å². The van der Waals surface area contributed by atoms with E-state index in [1.54, 1.807) is 29.2 Å². The van der Waals surface area contributed by atoms with E-state index in [0.717, 1.165) is 18.2 Å². The molecule has 0 bridgehead atoms. The zero-order chi connectivity index (χ0) is 24.3. The average Bonchev–Trinajstić information content (AvgIpc) is 2.80. The fourth-order valence-electron chi connectivity index (χ4n) is 3.66. The molecule has 33 heavy (non-hydrogen) atoms. The highest BCUT2D eigenvalue weighted by Gasteiger charge is 2.28. The first-order valence-electron chi connectivity index (χ1n) is 11.4. The lowest BCUT2D eigenvalue weighted by Gasteiger charge is -2.31. The van der Waals surface area contributed by atoms with Gasteiger partial charge in [0.25, 0.3) is 0 Å². The summed E-state index contributed by atoms with van der Waals surface area (Å²) in [4.78, 5) is 27.7. The van der Waals surface area contributed by atoms with E-state index in [-0.39, 0.29) is 24.8 Å². The van der Waals surface area contributed by atoms with E-state index in [1.165, 1.54) is 4.31 Å². The minimum Gasteiger partial charge on any atom is -0.354 e. The molecule has 0 radical (unpaired) electrons. The zero-order valence-corrected chi connectivity index (χ0v) is 20.6. The first kappa shape index (κ1) is 26.4. The number of benzene rings is 2. The number of carbonyl (C=O) groups excluding carboxylic acids is 2. The molecule has 0 heterocycles. The van der Waals surface area contributed by atoms with Gasteiger partial charge in [-0.05, 0) is 37.0 Å². The topological polar surface area (TPSA) is 86.8 Å². The largest absolute Gasteiger partial charge is 0.354 e. The van der Waals surface area contributed by atoms with Crippen molar-refractivity contribution >= 4 is 27.5 Å². The molecule has 2 amide bonds. The van der Waals surface area contributed by atoms with Crippen LogP contribution in [0.3, 0.4) is 0 Å². The van der Waals surface area contributed by atoms with E-state index in [4.69, 9.17) is 0 Å². The van der Waals surface area contributed by atoms with E-state index in [9.17, 15) is 18.0 Å². The van der Waals surface area contributed by atoms with Crippen molar-refractivity contribution in [3.05, 3.63) is 66.2 Å². The number of rotatable bonds is 13. The second-order valence-corrected chi connectivity index (χ2v) is 9.90. The van der Waals surface area contributed by atoms with Crippen LogP contribution in [0.25, 0.3) is 0 Å². The maximum atomic E-state index is 13.3. The van der Waals surface area contributed by atoms with Crippen LogP contribution >= 0.6 is 0 Å². The first-order valence-corrected chi connectivity index (χ1v) is 13.3. The maximum absolute atomic E-state index is 13.3. The Balaban J connectivity index is 2.15. The van der Waals surface area contributed by atoms with Gasteiger partial charge in [0.05, 0.1) is 11.9 Å². The fraction of sp³-hybridized carbons (Fsp3) is 0.440. The number of nitrogens with one attached hydrogen (secondary N) is 1. The van der Waals surface area contributed by atoms with Crippen LogP contribution in [0.5, 0.6) is 0 Å². The predicted octanol–water partition coefficient (Wildman–Crippen LogP) is 3.57. The quantitative estimate of drug-likeness (QED) is 0.482. The van der Waals surface area contributed by atoms with Gasteiger partial charge in [0.1, 0.15) is 6.04 Å². The maximum Gasteiger partial charge on any atom is 0.242 e. The molecule has 1 atom stereocenters. The Morgan fingerprint density at radius 1 is 0.970 bits per heavy atom. The molecule has 0 unspecified atom stereocenters. The Bertz CT molecular complexity index is 981. The van der Waals surface area contributed by atoms with Crippen molar-refractivity contribution in [3.63, 3.8) is 0 Å². The second-order valence-electron chi connectivity index (χ2n) is 8.00. The molecule has 0 aromatic heterocycles. The van der Waals surface area contributed by atoms with Crippen LogP contribution in [0, 0.1) is 0 Å². The number of carbonyl (C=O) groups is 2. The zero-order valence-electron chi connectivity index (χ0n) is 19.7. The smallest absolute Gasteiger partial charge is 0.242 e. The molecule has 8 heteroatoms. The summed E-state index contributed by atoms with van der Waals surface area (Å²) in [6.45, 7) is 4.94. The molecule has 180 valence electrons. The molecule has 2 rings (SSSR count). The highest BCUT2D eigenvalue weighted by molar-refractivity contribution is 7.92. The summed E-state index contributed by atoms with van der Waals surface area (Å²) in [6, 6.07) is 17.8. The SMILES string of the molecule is CCCNC(=O)[C@H](CC)N(Cc1ccccc1)C(=O)CCCN(c1ccccc1)S(C)(=O)=O. The lowest BCUT2D eigenvalue weighted by Crippen LogP contribution is -2.49. The molecule has 0 spiro atoms. The van der Waals surface area contributed by atoms with Crippen molar-refractivity contribution in [3.8, 4) is 0 Å². The third-order valence-electron chi connectivity index (χ3n) is 5.33. The highest BCUT2D eigenvalue weighted by Crippen LogP contribution is 2.19.